The van der Waals surface area contributed by atoms with E-state index in [1.807, 2.05) is 42.3 Å². The van der Waals surface area contributed by atoms with Gasteiger partial charge in [0.05, 0.1) is 13.2 Å². The molecule has 0 bridgehead atoms. The van der Waals surface area contributed by atoms with Crippen LogP contribution in [0.3, 0.4) is 0 Å². The fourth-order valence-corrected chi connectivity index (χ4v) is 3.84. The minimum atomic E-state index is -0.545. The van der Waals surface area contributed by atoms with Crippen molar-refractivity contribution in [2.45, 2.75) is 32.2 Å². The van der Waals surface area contributed by atoms with Crippen molar-refractivity contribution in [1.82, 2.24) is 15.2 Å². The number of ether oxygens (including phenoxy) is 1. The highest BCUT2D eigenvalue weighted by atomic mass is 16.5. The van der Waals surface area contributed by atoms with Crippen molar-refractivity contribution in [2.24, 2.45) is 11.8 Å². The molecule has 2 heterocycles. The predicted octanol–water partition coefficient (Wildman–Crippen LogP) is 2.10. The Hall–Kier alpha value is -2.34. The highest BCUT2D eigenvalue weighted by Gasteiger charge is 2.35. The molecule has 27 heavy (non-hydrogen) atoms. The summed E-state index contributed by atoms with van der Waals surface area (Å²) in [5, 5.41) is 4.15. The van der Waals surface area contributed by atoms with Crippen molar-refractivity contribution in [3.05, 3.63) is 36.0 Å². The molecule has 2 unspecified atom stereocenters. The molecular formula is C21H27N3O3. The fraction of sp³-hybridized carbons (Fsp3) is 0.524. The van der Waals surface area contributed by atoms with E-state index in [0.29, 0.717) is 38.6 Å². The maximum absolute atomic E-state index is 13.1. The van der Waals surface area contributed by atoms with Crippen LogP contribution in [0, 0.1) is 11.8 Å². The SMILES string of the molecule is CC(C(=O)NC(Cc1c[nH]c2ccccc12)C(=O)N1CCOCC1)C1CC1. The molecule has 0 spiro atoms. The monoisotopic (exact) mass is 369 g/mol. The number of nitrogens with one attached hydrogen (secondary N) is 2. The van der Waals surface area contributed by atoms with Gasteiger partial charge in [-0.15, -0.1) is 0 Å². The summed E-state index contributed by atoms with van der Waals surface area (Å²) in [5.41, 5.74) is 2.10. The van der Waals surface area contributed by atoms with Gasteiger partial charge in [-0.25, -0.2) is 0 Å². The van der Waals surface area contributed by atoms with Gasteiger partial charge < -0.3 is 19.9 Å². The quantitative estimate of drug-likeness (QED) is 0.819. The third kappa shape index (κ3) is 4.00. The second kappa shape index (κ2) is 7.72. The smallest absolute Gasteiger partial charge is 0.245 e. The predicted molar refractivity (Wildman–Crippen MR) is 103 cm³/mol. The first-order valence-electron chi connectivity index (χ1n) is 9.85. The third-order valence-electron chi connectivity index (χ3n) is 5.78. The number of carbonyl (C=O) groups is 2. The van der Waals surface area contributed by atoms with Crippen LogP contribution in [0.4, 0.5) is 0 Å². The van der Waals surface area contributed by atoms with Crippen molar-refractivity contribution < 1.29 is 14.3 Å². The summed E-state index contributed by atoms with van der Waals surface area (Å²) in [6, 6.07) is 7.50. The lowest BCUT2D eigenvalue weighted by molar-refractivity contribution is -0.140. The van der Waals surface area contributed by atoms with Gasteiger partial charge in [0, 0.05) is 42.5 Å². The summed E-state index contributed by atoms with van der Waals surface area (Å²) in [5.74, 6) is 0.411. The number of aromatic nitrogens is 1. The highest BCUT2D eigenvalue weighted by molar-refractivity contribution is 5.90. The number of amides is 2. The molecule has 4 rings (SSSR count). The van der Waals surface area contributed by atoms with Crippen LogP contribution in [-0.4, -0.2) is 54.0 Å². The molecule has 2 N–H and O–H groups in total. The number of morpholine rings is 1. The van der Waals surface area contributed by atoms with Crippen molar-refractivity contribution in [3.8, 4) is 0 Å². The number of rotatable bonds is 6. The average Bonchev–Trinajstić information content (AvgIpc) is 3.48. The number of carbonyl (C=O) groups excluding carboxylic acids is 2. The van der Waals surface area contributed by atoms with Crippen molar-refractivity contribution in [2.75, 3.05) is 26.3 Å². The Bertz CT molecular complexity index is 821. The van der Waals surface area contributed by atoms with Crippen molar-refractivity contribution in [3.63, 3.8) is 0 Å². The van der Waals surface area contributed by atoms with Gasteiger partial charge in [-0.2, -0.15) is 0 Å². The van der Waals surface area contributed by atoms with Gasteiger partial charge in [0.25, 0.3) is 0 Å². The van der Waals surface area contributed by atoms with Gasteiger partial charge in [0.15, 0.2) is 0 Å². The third-order valence-corrected chi connectivity index (χ3v) is 5.78. The Morgan fingerprint density at radius 1 is 1.26 bits per heavy atom. The minimum absolute atomic E-state index is 0.0102. The van der Waals surface area contributed by atoms with Gasteiger partial charge in [0.2, 0.25) is 11.8 Å². The molecule has 1 aromatic carbocycles. The summed E-state index contributed by atoms with van der Waals surface area (Å²) >= 11 is 0. The van der Waals surface area contributed by atoms with E-state index in [4.69, 9.17) is 4.74 Å². The molecule has 2 amide bonds. The van der Waals surface area contributed by atoms with E-state index < -0.39 is 6.04 Å². The maximum Gasteiger partial charge on any atom is 0.245 e. The fourth-order valence-electron chi connectivity index (χ4n) is 3.84. The molecule has 1 aromatic heterocycles. The van der Waals surface area contributed by atoms with Gasteiger partial charge in [-0.3, -0.25) is 9.59 Å². The van der Waals surface area contributed by atoms with E-state index in [-0.39, 0.29) is 17.7 Å². The molecule has 1 aliphatic carbocycles. The largest absolute Gasteiger partial charge is 0.378 e. The molecule has 2 aromatic rings. The lowest BCUT2D eigenvalue weighted by atomic mass is 10.0. The molecule has 2 atom stereocenters. The van der Waals surface area contributed by atoms with Gasteiger partial charge in [-0.05, 0) is 30.4 Å². The summed E-state index contributed by atoms with van der Waals surface area (Å²) < 4.78 is 5.37. The number of hydrogen-bond acceptors (Lipinski definition) is 3. The summed E-state index contributed by atoms with van der Waals surface area (Å²) in [6.45, 7) is 4.24. The number of aromatic amines is 1. The first-order chi connectivity index (χ1) is 13.1. The minimum Gasteiger partial charge on any atom is -0.378 e. The van der Waals surface area contributed by atoms with E-state index in [9.17, 15) is 9.59 Å². The first-order valence-corrected chi connectivity index (χ1v) is 9.85. The van der Waals surface area contributed by atoms with E-state index in [2.05, 4.69) is 10.3 Å². The number of nitrogens with zero attached hydrogens (tertiary/aromatic N) is 1. The highest BCUT2D eigenvalue weighted by Crippen LogP contribution is 2.36. The number of H-pyrrole nitrogens is 1. The zero-order valence-corrected chi connectivity index (χ0v) is 15.7. The van der Waals surface area contributed by atoms with Crippen LogP contribution in [0.2, 0.25) is 0 Å². The molecule has 1 aliphatic heterocycles. The zero-order chi connectivity index (χ0) is 18.8. The van der Waals surface area contributed by atoms with Gasteiger partial charge in [0.1, 0.15) is 6.04 Å². The summed E-state index contributed by atoms with van der Waals surface area (Å²) in [6.07, 6.45) is 4.66. The van der Waals surface area contributed by atoms with Crippen LogP contribution in [0.25, 0.3) is 10.9 Å². The Labute approximate surface area is 159 Å². The second-order valence-electron chi connectivity index (χ2n) is 7.69. The molecular weight excluding hydrogens is 342 g/mol. The number of fused-ring (bicyclic) bond motifs is 1. The number of para-hydroxylation sites is 1. The zero-order valence-electron chi connectivity index (χ0n) is 15.7. The van der Waals surface area contributed by atoms with Crippen LogP contribution < -0.4 is 5.32 Å². The molecule has 0 radical (unpaired) electrons. The van der Waals surface area contributed by atoms with E-state index in [1.54, 1.807) is 0 Å². The average molecular weight is 369 g/mol. The summed E-state index contributed by atoms with van der Waals surface area (Å²) in [7, 11) is 0. The van der Waals surface area contributed by atoms with Crippen LogP contribution in [0.1, 0.15) is 25.3 Å². The Morgan fingerprint density at radius 2 is 2.00 bits per heavy atom. The second-order valence-corrected chi connectivity index (χ2v) is 7.69. The van der Waals surface area contributed by atoms with Crippen LogP contribution in [0.5, 0.6) is 0 Å². The molecule has 6 heteroatoms. The standard InChI is InChI=1S/C21H27N3O3/c1-14(15-6-7-15)20(25)23-19(21(26)24-8-10-27-11-9-24)12-16-13-22-18-5-3-2-4-17(16)18/h2-5,13-15,19,22H,6-12H2,1H3,(H,23,25). The van der Waals surface area contributed by atoms with Crippen LogP contribution in [0.15, 0.2) is 30.5 Å². The lowest BCUT2D eigenvalue weighted by Gasteiger charge is -2.31. The molecule has 2 aliphatic rings. The van der Waals surface area contributed by atoms with Crippen LogP contribution >= 0.6 is 0 Å². The van der Waals surface area contributed by atoms with Crippen LogP contribution in [-0.2, 0) is 20.7 Å². The maximum atomic E-state index is 13.1. The number of benzene rings is 1. The van der Waals surface area contributed by atoms with E-state index >= 15 is 0 Å². The normalized spacial score (nSPS) is 19.7. The first kappa shape index (κ1) is 18.0. The molecule has 144 valence electrons. The molecule has 6 nitrogen and oxygen atoms in total. The topological polar surface area (TPSA) is 74.4 Å². The van der Waals surface area contributed by atoms with Crippen molar-refractivity contribution >= 4 is 22.7 Å². The van der Waals surface area contributed by atoms with Gasteiger partial charge in [-0.1, -0.05) is 25.1 Å². The Morgan fingerprint density at radius 3 is 2.74 bits per heavy atom. The van der Waals surface area contributed by atoms with Gasteiger partial charge >= 0.3 is 0 Å². The Kier molecular flexibility index (Phi) is 5.16. The Balaban J connectivity index is 1.54. The molecule has 1 saturated carbocycles. The lowest BCUT2D eigenvalue weighted by Crippen LogP contribution is -2.53. The van der Waals surface area contributed by atoms with E-state index in [1.165, 1.54) is 0 Å². The van der Waals surface area contributed by atoms with E-state index in [0.717, 1.165) is 29.3 Å². The summed E-state index contributed by atoms with van der Waals surface area (Å²) in [4.78, 5) is 30.9. The van der Waals surface area contributed by atoms with Crippen molar-refractivity contribution in [1.29, 1.82) is 0 Å². The number of hydrogen-bond donors (Lipinski definition) is 2. The molecule has 2 fully saturated rings. The molecule has 1 saturated heterocycles.